The lowest BCUT2D eigenvalue weighted by Gasteiger charge is -2.30. The van der Waals surface area contributed by atoms with Gasteiger partial charge in [0.25, 0.3) is 5.56 Å². The monoisotopic (exact) mass is 310 g/mol. The van der Waals surface area contributed by atoms with E-state index in [0.29, 0.717) is 6.54 Å². The molecule has 3 aromatic rings. The van der Waals surface area contributed by atoms with Crippen LogP contribution in [0.2, 0.25) is 0 Å². The summed E-state index contributed by atoms with van der Waals surface area (Å²) in [6.07, 6.45) is 2.50. The van der Waals surface area contributed by atoms with Crippen molar-refractivity contribution in [2.45, 2.75) is 26.8 Å². The molecule has 0 saturated carbocycles. The summed E-state index contributed by atoms with van der Waals surface area (Å²) in [6, 6.07) is 3.90. The number of aromatic nitrogens is 5. The van der Waals surface area contributed by atoms with Gasteiger partial charge in [-0.25, -0.2) is 9.97 Å². The molecule has 23 heavy (non-hydrogen) atoms. The van der Waals surface area contributed by atoms with Crippen molar-refractivity contribution in [3.8, 4) is 0 Å². The van der Waals surface area contributed by atoms with Gasteiger partial charge in [-0.15, -0.1) is 0 Å². The van der Waals surface area contributed by atoms with Gasteiger partial charge >= 0.3 is 0 Å². The molecule has 0 aliphatic carbocycles. The Kier molecular flexibility index (Phi) is 2.97. The van der Waals surface area contributed by atoms with Crippen LogP contribution in [-0.4, -0.2) is 30.7 Å². The second kappa shape index (κ2) is 4.91. The Balaban J connectivity index is 1.82. The molecule has 1 aliphatic heterocycles. The van der Waals surface area contributed by atoms with Crippen LogP contribution in [0.3, 0.4) is 0 Å². The molecule has 7 nitrogen and oxygen atoms in total. The van der Waals surface area contributed by atoms with Crippen molar-refractivity contribution in [3.63, 3.8) is 0 Å². The van der Waals surface area contributed by atoms with E-state index in [2.05, 4.69) is 20.0 Å². The summed E-state index contributed by atoms with van der Waals surface area (Å²) in [5.74, 6) is 1.72. The molecule has 4 heterocycles. The predicted octanol–water partition coefficient (Wildman–Crippen LogP) is 1.00. The maximum absolute atomic E-state index is 12.6. The quantitative estimate of drug-likeness (QED) is 0.671. The highest BCUT2D eigenvalue weighted by Crippen LogP contribution is 2.23. The third-order valence-electron chi connectivity index (χ3n) is 4.45. The molecule has 0 spiro atoms. The van der Waals surface area contributed by atoms with Crippen molar-refractivity contribution in [3.05, 3.63) is 51.5 Å². The normalized spacial score (nSPS) is 14.3. The number of aryl methyl sites for hydroxylation is 2. The van der Waals surface area contributed by atoms with Crippen LogP contribution in [0.5, 0.6) is 0 Å². The second-order valence-electron chi connectivity index (χ2n) is 5.98. The van der Waals surface area contributed by atoms with Crippen LogP contribution in [0.15, 0.2) is 23.1 Å². The first-order chi connectivity index (χ1) is 11.0. The van der Waals surface area contributed by atoms with Crippen LogP contribution in [-0.2, 0) is 20.0 Å². The molecule has 118 valence electrons. The van der Waals surface area contributed by atoms with E-state index in [1.54, 1.807) is 17.8 Å². The van der Waals surface area contributed by atoms with Gasteiger partial charge in [0, 0.05) is 37.8 Å². The SMILES string of the molecule is Cc1cc(N2CCc3nc(C)n(C)c(=O)c3C2)n2nccc2n1. The largest absolute Gasteiger partial charge is 0.351 e. The molecule has 0 amide bonds. The molecule has 3 aromatic heterocycles. The van der Waals surface area contributed by atoms with Crippen LogP contribution >= 0.6 is 0 Å². The van der Waals surface area contributed by atoms with E-state index in [0.717, 1.165) is 47.2 Å². The predicted molar refractivity (Wildman–Crippen MR) is 86.7 cm³/mol. The number of rotatable bonds is 1. The summed E-state index contributed by atoms with van der Waals surface area (Å²) in [7, 11) is 1.77. The highest BCUT2D eigenvalue weighted by molar-refractivity contribution is 5.52. The zero-order valence-electron chi connectivity index (χ0n) is 13.4. The Morgan fingerprint density at radius 3 is 2.87 bits per heavy atom. The lowest BCUT2D eigenvalue weighted by atomic mass is 10.1. The van der Waals surface area contributed by atoms with E-state index in [1.165, 1.54) is 0 Å². The first kappa shape index (κ1) is 13.9. The fourth-order valence-electron chi connectivity index (χ4n) is 3.13. The summed E-state index contributed by atoms with van der Waals surface area (Å²) in [4.78, 5) is 23.8. The van der Waals surface area contributed by atoms with Crippen molar-refractivity contribution in [1.82, 2.24) is 24.1 Å². The van der Waals surface area contributed by atoms with Crippen molar-refractivity contribution in [2.24, 2.45) is 7.05 Å². The molecule has 4 rings (SSSR count). The summed E-state index contributed by atoms with van der Waals surface area (Å²) >= 11 is 0. The lowest BCUT2D eigenvalue weighted by molar-refractivity contribution is 0.642. The van der Waals surface area contributed by atoms with E-state index in [9.17, 15) is 4.79 Å². The fourth-order valence-corrected chi connectivity index (χ4v) is 3.13. The Morgan fingerprint density at radius 1 is 1.22 bits per heavy atom. The highest BCUT2D eigenvalue weighted by atomic mass is 16.1. The molecule has 0 unspecified atom stereocenters. The molecular formula is C16H18N6O. The highest BCUT2D eigenvalue weighted by Gasteiger charge is 2.24. The van der Waals surface area contributed by atoms with Gasteiger partial charge in [-0.3, -0.25) is 9.36 Å². The smallest absolute Gasteiger partial charge is 0.258 e. The Bertz CT molecular complexity index is 971. The van der Waals surface area contributed by atoms with Crippen LogP contribution in [0.1, 0.15) is 22.8 Å². The molecule has 7 heteroatoms. The molecule has 1 aliphatic rings. The maximum atomic E-state index is 12.6. The van der Waals surface area contributed by atoms with E-state index < -0.39 is 0 Å². The van der Waals surface area contributed by atoms with Gasteiger partial charge < -0.3 is 4.90 Å². The molecule has 0 bridgehead atoms. The first-order valence-electron chi connectivity index (χ1n) is 7.66. The van der Waals surface area contributed by atoms with E-state index in [-0.39, 0.29) is 5.56 Å². The molecule has 0 atom stereocenters. The van der Waals surface area contributed by atoms with Crippen LogP contribution in [0, 0.1) is 13.8 Å². The molecule has 0 radical (unpaired) electrons. The number of anilines is 1. The van der Waals surface area contributed by atoms with Crippen molar-refractivity contribution < 1.29 is 0 Å². The minimum atomic E-state index is 0.0414. The number of hydrogen-bond donors (Lipinski definition) is 0. The van der Waals surface area contributed by atoms with Gasteiger partial charge in [-0.05, 0) is 13.8 Å². The van der Waals surface area contributed by atoms with Gasteiger partial charge in [0.1, 0.15) is 11.6 Å². The van der Waals surface area contributed by atoms with Crippen LogP contribution in [0.25, 0.3) is 5.65 Å². The van der Waals surface area contributed by atoms with Crippen molar-refractivity contribution in [1.29, 1.82) is 0 Å². The van der Waals surface area contributed by atoms with Gasteiger partial charge in [0.2, 0.25) is 0 Å². The first-order valence-corrected chi connectivity index (χ1v) is 7.66. The van der Waals surface area contributed by atoms with Crippen LogP contribution in [0.4, 0.5) is 5.82 Å². The average molecular weight is 310 g/mol. The minimum Gasteiger partial charge on any atom is -0.351 e. The molecule has 0 fully saturated rings. The molecule has 0 aromatic carbocycles. The summed E-state index contributed by atoms with van der Waals surface area (Å²) in [6.45, 7) is 5.20. The average Bonchev–Trinajstić information content (AvgIpc) is 3.00. The Morgan fingerprint density at radius 2 is 2.04 bits per heavy atom. The van der Waals surface area contributed by atoms with Crippen LogP contribution < -0.4 is 10.5 Å². The van der Waals surface area contributed by atoms with Gasteiger partial charge in [-0.2, -0.15) is 9.61 Å². The van der Waals surface area contributed by atoms with Crippen molar-refractivity contribution >= 4 is 11.5 Å². The summed E-state index contributed by atoms with van der Waals surface area (Å²) in [5.41, 5.74) is 3.50. The van der Waals surface area contributed by atoms with Gasteiger partial charge in [0.05, 0.1) is 24.0 Å². The van der Waals surface area contributed by atoms with Crippen molar-refractivity contribution in [2.75, 3.05) is 11.4 Å². The minimum absolute atomic E-state index is 0.0414. The summed E-state index contributed by atoms with van der Waals surface area (Å²) < 4.78 is 3.44. The molecule has 0 N–H and O–H groups in total. The van der Waals surface area contributed by atoms with E-state index in [4.69, 9.17) is 0 Å². The third-order valence-corrected chi connectivity index (χ3v) is 4.45. The number of nitrogens with zero attached hydrogens (tertiary/aromatic N) is 6. The summed E-state index contributed by atoms with van der Waals surface area (Å²) in [5, 5.41) is 4.36. The zero-order chi connectivity index (χ0) is 16.1. The topological polar surface area (TPSA) is 68.3 Å². The van der Waals surface area contributed by atoms with E-state index in [1.807, 2.05) is 30.5 Å². The Labute approximate surface area is 133 Å². The standard InChI is InChI=1S/C16H18N6O/c1-10-8-15(22-14(18-10)4-6-17-22)21-7-5-13-12(9-21)16(23)20(3)11(2)19-13/h4,6,8H,5,7,9H2,1-3H3. The molecule has 0 saturated heterocycles. The number of hydrogen-bond acceptors (Lipinski definition) is 5. The van der Waals surface area contributed by atoms with Gasteiger partial charge in [0.15, 0.2) is 5.65 Å². The zero-order valence-corrected chi connectivity index (χ0v) is 13.4. The fraction of sp³-hybridized carbons (Fsp3) is 0.375. The van der Waals surface area contributed by atoms with E-state index >= 15 is 0 Å². The maximum Gasteiger partial charge on any atom is 0.258 e. The Hall–Kier alpha value is -2.70. The van der Waals surface area contributed by atoms with Gasteiger partial charge in [-0.1, -0.05) is 0 Å². The second-order valence-corrected chi connectivity index (χ2v) is 5.98. The number of fused-ring (bicyclic) bond motifs is 2. The lowest BCUT2D eigenvalue weighted by Crippen LogP contribution is -2.39. The third kappa shape index (κ3) is 2.11. The molecular weight excluding hydrogens is 292 g/mol.